The van der Waals surface area contributed by atoms with Crippen LogP contribution >= 0.6 is 0 Å². The Balaban J connectivity index is 2.57. The Morgan fingerprint density at radius 2 is 2.23 bits per heavy atom. The molecule has 1 heterocycles. The second kappa shape index (κ2) is 3.35. The Labute approximate surface area is 75.7 Å². The molecular formula is C6H10N2O4S. The molecule has 1 aliphatic heterocycles. The van der Waals surface area contributed by atoms with Crippen molar-refractivity contribution in [1.29, 1.82) is 0 Å². The molecule has 0 aliphatic carbocycles. The van der Waals surface area contributed by atoms with Crippen LogP contribution in [0.3, 0.4) is 0 Å². The van der Waals surface area contributed by atoms with Gasteiger partial charge < -0.3 is 10.0 Å². The molecule has 0 aromatic heterocycles. The fourth-order valence-corrected chi connectivity index (χ4v) is 1.45. The standard InChI is InChI=1S/C6H10N2O4S/c7-13(11,12)4-2-5-1-3-8(5)6(9)10/h2,4-5H,1,3H2,(H,9,10)(H2,7,11,12)/b4-2+. The molecule has 6 nitrogen and oxygen atoms in total. The Morgan fingerprint density at radius 3 is 2.54 bits per heavy atom. The summed E-state index contributed by atoms with van der Waals surface area (Å²) in [6.07, 6.45) is 0.876. The third-order valence-corrected chi connectivity index (χ3v) is 2.34. The van der Waals surface area contributed by atoms with Crippen LogP contribution in [-0.4, -0.2) is 37.1 Å². The van der Waals surface area contributed by atoms with E-state index in [0.29, 0.717) is 13.0 Å². The SMILES string of the molecule is NS(=O)(=O)/C=C/C1CCN1C(=O)O. The smallest absolute Gasteiger partial charge is 0.407 e. The number of primary sulfonamides is 1. The third kappa shape index (κ3) is 2.71. The lowest BCUT2D eigenvalue weighted by atomic mass is 10.1. The van der Waals surface area contributed by atoms with E-state index < -0.39 is 16.1 Å². The highest BCUT2D eigenvalue weighted by atomic mass is 32.2. The van der Waals surface area contributed by atoms with Crippen molar-refractivity contribution in [1.82, 2.24) is 4.90 Å². The van der Waals surface area contributed by atoms with Crippen LogP contribution in [0.1, 0.15) is 6.42 Å². The number of likely N-dealkylation sites (tertiary alicyclic amines) is 1. The van der Waals surface area contributed by atoms with Gasteiger partial charge in [0.05, 0.1) is 6.04 Å². The van der Waals surface area contributed by atoms with E-state index in [0.717, 1.165) is 10.3 Å². The number of nitrogens with zero attached hydrogens (tertiary/aromatic N) is 1. The quantitative estimate of drug-likeness (QED) is 0.638. The number of rotatable bonds is 2. The molecule has 1 aliphatic rings. The van der Waals surface area contributed by atoms with Gasteiger partial charge in [-0.05, 0) is 12.5 Å². The maximum absolute atomic E-state index is 10.5. The van der Waals surface area contributed by atoms with Crippen LogP contribution in [0.4, 0.5) is 4.79 Å². The van der Waals surface area contributed by atoms with Crippen molar-refractivity contribution in [2.24, 2.45) is 5.14 Å². The molecule has 1 rings (SSSR count). The minimum absolute atomic E-state index is 0.351. The van der Waals surface area contributed by atoms with Gasteiger partial charge in [-0.1, -0.05) is 0 Å². The molecule has 3 N–H and O–H groups in total. The minimum Gasteiger partial charge on any atom is -0.465 e. The predicted molar refractivity (Wildman–Crippen MR) is 45.4 cm³/mol. The van der Waals surface area contributed by atoms with Crippen molar-refractivity contribution in [3.8, 4) is 0 Å². The molecule has 1 amide bonds. The molecule has 7 heteroatoms. The van der Waals surface area contributed by atoms with Gasteiger partial charge in [0.2, 0.25) is 10.0 Å². The van der Waals surface area contributed by atoms with Crippen molar-refractivity contribution in [2.75, 3.05) is 6.54 Å². The van der Waals surface area contributed by atoms with Crippen LogP contribution in [0.2, 0.25) is 0 Å². The first kappa shape index (κ1) is 10.0. The van der Waals surface area contributed by atoms with Crippen LogP contribution in [0, 0.1) is 0 Å². The number of sulfonamides is 1. The number of hydrogen-bond acceptors (Lipinski definition) is 3. The van der Waals surface area contributed by atoms with Crippen molar-refractivity contribution in [2.45, 2.75) is 12.5 Å². The fraction of sp³-hybridized carbons (Fsp3) is 0.500. The van der Waals surface area contributed by atoms with Crippen LogP contribution < -0.4 is 5.14 Å². The number of hydrogen-bond donors (Lipinski definition) is 2. The highest BCUT2D eigenvalue weighted by Crippen LogP contribution is 2.18. The number of carboxylic acid groups (broad SMARTS) is 1. The van der Waals surface area contributed by atoms with Gasteiger partial charge in [-0.3, -0.25) is 0 Å². The zero-order valence-electron chi connectivity index (χ0n) is 6.75. The first-order valence-electron chi connectivity index (χ1n) is 3.61. The Hall–Kier alpha value is -1.08. The van der Waals surface area contributed by atoms with Gasteiger partial charge in [0, 0.05) is 12.0 Å². The summed E-state index contributed by atoms with van der Waals surface area (Å²) in [4.78, 5) is 11.6. The van der Waals surface area contributed by atoms with E-state index in [-0.39, 0.29) is 6.04 Å². The van der Waals surface area contributed by atoms with Crippen LogP contribution in [-0.2, 0) is 10.0 Å². The molecule has 1 fully saturated rings. The molecule has 0 aromatic carbocycles. The Bertz CT molecular complexity index is 335. The lowest BCUT2D eigenvalue weighted by molar-refractivity contribution is 0.0942. The molecule has 0 radical (unpaired) electrons. The molecule has 1 saturated heterocycles. The predicted octanol–water partition coefficient (Wildman–Crippen LogP) is -0.459. The molecule has 74 valence electrons. The highest BCUT2D eigenvalue weighted by Gasteiger charge is 2.29. The molecule has 1 unspecified atom stereocenters. The van der Waals surface area contributed by atoms with Gasteiger partial charge >= 0.3 is 6.09 Å². The zero-order chi connectivity index (χ0) is 10.1. The summed E-state index contributed by atoms with van der Waals surface area (Å²) in [5.41, 5.74) is 0. The van der Waals surface area contributed by atoms with Crippen LogP contribution in [0.25, 0.3) is 0 Å². The first-order valence-corrected chi connectivity index (χ1v) is 5.21. The number of amides is 1. The van der Waals surface area contributed by atoms with Crippen molar-refractivity contribution >= 4 is 16.1 Å². The fourth-order valence-electron chi connectivity index (χ4n) is 1.05. The average molecular weight is 206 g/mol. The van der Waals surface area contributed by atoms with E-state index in [2.05, 4.69) is 0 Å². The normalized spacial score (nSPS) is 23.2. The van der Waals surface area contributed by atoms with Crippen LogP contribution in [0.15, 0.2) is 11.5 Å². The maximum Gasteiger partial charge on any atom is 0.407 e. The lowest BCUT2D eigenvalue weighted by Gasteiger charge is -2.36. The van der Waals surface area contributed by atoms with E-state index in [1.807, 2.05) is 0 Å². The Kier molecular flexibility index (Phi) is 2.58. The summed E-state index contributed by atoms with van der Waals surface area (Å²) in [6.45, 7) is 0.439. The summed E-state index contributed by atoms with van der Waals surface area (Å²) in [5.74, 6) is 0. The summed E-state index contributed by atoms with van der Waals surface area (Å²) < 4.78 is 21.0. The third-order valence-electron chi connectivity index (χ3n) is 1.80. The van der Waals surface area contributed by atoms with Crippen LogP contribution in [0.5, 0.6) is 0 Å². The minimum atomic E-state index is -3.64. The topological polar surface area (TPSA) is 101 Å². The van der Waals surface area contributed by atoms with E-state index in [1.165, 1.54) is 6.08 Å². The van der Waals surface area contributed by atoms with Crippen molar-refractivity contribution < 1.29 is 18.3 Å². The molecule has 0 spiro atoms. The van der Waals surface area contributed by atoms with E-state index in [9.17, 15) is 13.2 Å². The number of carbonyl (C=O) groups is 1. The second-order valence-corrected chi connectivity index (χ2v) is 4.20. The molecule has 13 heavy (non-hydrogen) atoms. The van der Waals surface area contributed by atoms with Gasteiger partial charge in [-0.15, -0.1) is 0 Å². The van der Waals surface area contributed by atoms with Gasteiger partial charge in [0.25, 0.3) is 0 Å². The summed E-state index contributed by atoms with van der Waals surface area (Å²) >= 11 is 0. The largest absolute Gasteiger partial charge is 0.465 e. The zero-order valence-corrected chi connectivity index (χ0v) is 7.57. The Morgan fingerprint density at radius 1 is 1.62 bits per heavy atom. The van der Waals surface area contributed by atoms with Gasteiger partial charge in [-0.25, -0.2) is 18.4 Å². The molecule has 0 saturated carbocycles. The molecule has 0 bridgehead atoms. The average Bonchev–Trinajstić information content (AvgIpc) is 1.79. The molecule has 1 atom stereocenters. The summed E-state index contributed by atoms with van der Waals surface area (Å²) in [5, 5.41) is 14.1. The molecular weight excluding hydrogens is 196 g/mol. The van der Waals surface area contributed by atoms with Gasteiger partial charge in [-0.2, -0.15) is 0 Å². The number of nitrogens with two attached hydrogens (primary N) is 1. The van der Waals surface area contributed by atoms with E-state index in [1.54, 1.807) is 0 Å². The summed E-state index contributed by atoms with van der Waals surface area (Å²) in [6, 6.07) is -0.351. The molecule has 0 aromatic rings. The van der Waals surface area contributed by atoms with Gasteiger partial charge in [0.15, 0.2) is 0 Å². The van der Waals surface area contributed by atoms with Crippen molar-refractivity contribution in [3.05, 3.63) is 11.5 Å². The highest BCUT2D eigenvalue weighted by molar-refractivity contribution is 7.92. The van der Waals surface area contributed by atoms with E-state index >= 15 is 0 Å². The lowest BCUT2D eigenvalue weighted by Crippen LogP contribution is -2.49. The van der Waals surface area contributed by atoms with Crippen molar-refractivity contribution in [3.63, 3.8) is 0 Å². The first-order chi connectivity index (χ1) is 5.90. The maximum atomic E-state index is 10.5. The monoisotopic (exact) mass is 206 g/mol. The van der Waals surface area contributed by atoms with E-state index in [4.69, 9.17) is 10.2 Å². The summed E-state index contributed by atoms with van der Waals surface area (Å²) in [7, 11) is -3.64. The van der Waals surface area contributed by atoms with Gasteiger partial charge in [0.1, 0.15) is 0 Å². The second-order valence-electron chi connectivity index (χ2n) is 2.75.